The minimum atomic E-state index is 0.692. The van der Waals surface area contributed by atoms with Gasteiger partial charge in [0.15, 0.2) is 6.29 Å². The third-order valence-electron chi connectivity index (χ3n) is 2.75. The number of carbonyl (C=O) groups excluding carboxylic acids is 1. The maximum atomic E-state index is 10.2. The molecule has 0 unspecified atom stereocenters. The second kappa shape index (κ2) is 10.6. The molecule has 0 aliphatic heterocycles. The Labute approximate surface area is 139 Å². The summed E-state index contributed by atoms with van der Waals surface area (Å²) in [4.78, 5) is 10.2. The van der Waals surface area contributed by atoms with E-state index in [2.05, 4.69) is 21.2 Å². The molecule has 0 atom stereocenters. The zero-order valence-electron chi connectivity index (χ0n) is 11.9. The minimum Gasteiger partial charge on any atom is -0.317 e. The molecule has 4 heteroatoms. The highest BCUT2D eigenvalue weighted by Crippen LogP contribution is 2.17. The lowest BCUT2D eigenvalue weighted by atomic mass is 10.2. The summed E-state index contributed by atoms with van der Waals surface area (Å²) in [6, 6.07) is 17.6. The third-order valence-corrected chi connectivity index (χ3v) is 3.73. The van der Waals surface area contributed by atoms with E-state index in [1.54, 1.807) is 6.07 Å². The summed E-state index contributed by atoms with van der Waals surface area (Å²) in [6.07, 6.45) is 3.62. The lowest BCUT2D eigenvalue weighted by molar-refractivity contribution is 0.112. The van der Waals surface area contributed by atoms with Crippen molar-refractivity contribution < 1.29 is 4.79 Å². The van der Waals surface area contributed by atoms with E-state index in [9.17, 15) is 4.79 Å². The summed E-state index contributed by atoms with van der Waals surface area (Å²) in [5, 5.41) is 3.93. The molecule has 2 aromatic rings. The monoisotopic (exact) mass is 367 g/mol. The Bertz CT molecular complexity index is 529. The van der Waals surface area contributed by atoms with Crippen molar-refractivity contribution in [2.75, 3.05) is 7.05 Å². The number of rotatable bonds is 2. The first-order valence-electron chi connectivity index (χ1n) is 6.75. The number of nitrogens with one attached hydrogen (secondary N) is 1. The van der Waals surface area contributed by atoms with Gasteiger partial charge in [0.1, 0.15) is 0 Å². The van der Waals surface area contributed by atoms with Gasteiger partial charge in [0, 0.05) is 21.1 Å². The van der Waals surface area contributed by atoms with Gasteiger partial charge in [-0.1, -0.05) is 63.9 Å². The lowest BCUT2D eigenvalue weighted by Crippen LogP contribution is -2.06. The number of aldehydes is 1. The molecule has 2 aromatic carbocycles. The fourth-order valence-corrected chi connectivity index (χ4v) is 1.88. The van der Waals surface area contributed by atoms with Crippen LogP contribution < -0.4 is 5.32 Å². The van der Waals surface area contributed by atoms with Gasteiger partial charge in [-0.2, -0.15) is 0 Å². The van der Waals surface area contributed by atoms with E-state index in [-0.39, 0.29) is 0 Å². The average molecular weight is 369 g/mol. The molecular weight excluding hydrogens is 350 g/mol. The van der Waals surface area contributed by atoms with Crippen LogP contribution in [0.4, 0.5) is 0 Å². The van der Waals surface area contributed by atoms with Crippen LogP contribution in [0.25, 0.3) is 0 Å². The van der Waals surface area contributed by atoms with E-state index in [0.717, 1.165) is 21.8 Å². The second-order valence-corrected chi connectivity index (χ2v) is 5.79. The van der Waals surface area contributed by atoms with Crippen LogP contribution in [0.3, 0.4) is 0 Å². The van der Waals surface area contributed by atoms with Crippen LogP contribution in [0.1, 0.15) is 23.2 Å². The number of hydrogen-bond acceptors (Lipinski definition) is 2. The van der Waals surface area contributed by atoms with Crippen molar-refractivity contribution in [1.29, 1.82) is 0 Å². The number of hydrogen-bond donors (Lipinski definition) is 1. The van der Waals surface area contributed by atoms with Crippen molar-refractivity contribution in [2.45, 2.75) is 18.9 Å². The molecule has 0 aromatic heterocycles. The first-order chi connectivity index (χ1) is 10.2. The Balaban J connectivity index is 0.000000164. The minimum absolute atomic E-state index is 0.692. The molecule has 1 aliphatic rings. The van der Waals surface area contributed by atoms with Crippen molar-refractivity contribution >= 4 is 33.8 Å². The molecule has 0 spiro atoms. The molecule has 1 aliphatic carbocycles. The molecule has 1 N–H and O–H groups in total. The molecule has 0 amide bonds. The summed E-state index contributed by atoms with van der Waals surface area (Å²) in [5.41, 5.74) is 0.692. The third kappa shape index (κ3) is 8.66. The molecule has 0 saturated heterocycles. The van der Waals surface area contributed by atoms with Crippen molar-refractivity contribution in [3.8, 4) is 0 Å². The van der Waals surface area contributed by atoms with Crippen LogP contribution in [-0.2, 0) is 0 Å². The Hall–Kier alpha value is -1.16. The van der Waals surface area contributed by atoms with Crippen molar-refractivity contribution in [2.24, 2.45) is 0 Å². The quantitative estimate of drug-likeness (QED) is 0.758. The van der Waals surface area contributed by atoms with Crippen molar-refractivity contribution in [3.05, 3.63) is 69.7 Å². The van der Waals surface area contributed by atoms with Crippen molar-refractivity contribution in [1.82, 2.24) is 5.32 Å². The average Bonchev–Trinajstić information content (AvgIpc) is 3.34. The topological polar surface area (TPSA) is 29.1 Å². The van der Waals surface area contributed by atoms with E-state index < -0.39 is 0 Å². The second-order valence-electron chi connectivity index (χ2n) is 4.50. The molecule has 0 radical (unpaired) electrons. The van der Waals surface area contributed by atoms with E-state index in [1.165, 1.54) is 12.8 Å². The van der Waals surface area contributed by atoms with Crippen molar-refractivity contribution in [3.63, 3.8) is 0 Å². The maximum Gasteiger partial charge on any atom is 0.151 e. The smallest absolute Gasteiger partial charge is 0.151 e. The van der Waals surface area contributed by atoms with Crippen LogP contribution >= 0.6 is 27.5 Å². The Morgan fingerprint density at radius 3 is 1.95 bits per heavy atom. The SMILES string of the molecule is CNC1CC1.Clc1ccccc1.O=Cc1ccccc1Br. The summed E-state index contributed by atoms with van der Waals surface area (Å²) >= 11 is 8.76. The lowest BCUT2D eigenvalue weighted by Gasteiger charge is -1.90. The van der Waals surface area contributed by atoms with Gasteiger partial charge in [-0.05, 0) is 38.1 Å². The summed E-state index contributed by atoms with van der Waals surface area (Å²) in [5.74, 6) is 0. The van der Waals surface area contributed by atoms with E-state index in [0.29, 0.717) is 5.56 Å². The fraction of sp³-hybridized carbons (Fsp3) is 0.235. The van der Waals surface area contributed by atoms with Crippen LogP contribution in [-0.4, -0.2) is 19.4 Å². The Morgan fingerprint density at radius 1 is 1.10 bits per heavy atom. The van der Waals surface area contributed by atoms with E-state index in [4.69, 9.17) is 11.6 Å². The first-order valence-corrected chi connectivity index (χ1v) is 7.92. The predicted octanol–water partition coefficient (Wildman–Crippen LogP) is 4.97. The number of halogens is 2. The molecule has 21 heavy (non-hydrogen) atoms. The van der Waals surface area contributed by atoms with Gasteiger partial charge in [0.25, 0.3) is 0 Å². The summed E-state index contributed by atoms with van der Waals surface area (Å²) in [6.45, 7) is 0. The number of benzene rings is 2. The van der Waals surface area contributed by atoms with Gasteiger partial charge >= 0.3 is 0 Å². The molecule has 2 nitrogen and oxygen atoms in total. The molecular formula is C17H19BrClNO. The largest absolute Gasteiger partial charge is 0.317 e. The van der Waals surface area contributed by atoms with Gasteiger partial charge in [-0.3, -0.25) is 4.79 Å². The molecule has 0 heterocycles. The molecule has 1 fully saturated rings. The maximum absolute atomic E-state index is 10.2. The van der Waals surface area contributed by atoms with Gasteiger partial charge in [0.05, 0.1) is 0 Å². The highest BCUT2D eigenvalue weighted by atomic mass is 79.9. The molecule has 112 valence electrons. The fourth-order valence-electron chi connectivity index (χ4n) is 1.36. The van der Waals surface area contributed by atoms with E-state index in [1.807, 2.05) is 55.6 Å². The number of carbonyl (C=O) groups is 1. The summed E-state index contributed by atoms with van der Waals surface area (Å²) in [7, 11) is 2.01. The first kappa shape index (κ1) is 17.9. The highest BCUT2D eigenvalue weighted by Gasteiger charge is 2.17. The zero-order chi connectivity index (χ0) is 15.5. The highest BCUT2D eigenvalue weighted by molar-refractivity contribution is 9.10. The Kier molecular flexibility index (Phi) is 8.99. The van der Waals surface area contributed by atoms with Crippen LogP contribution in [0.15, 0.2) is 59.1 Å². The van der Waals surface area contributed by atoms with Crippen LogP contribution in [0, 0.1) is 0 Å². The van der Waals surface area contributed by atoms with Gasteiger partial charge < -0.3 is 5.32 Å². The normalized spacial score (nSPS) is 12.3. The predicted molar refractivity (Wildman–Crippen MR) is 93.1 cm³/mol. The van der Waals surface area contributed by atoms with Crippen LogP contribution in [0.2, 0.25) is 5.02 Å². The van der Waals surface area contributed by atoms with Gasteiger partial charge in [-0.15, -0.1) is 0 Å². The molecule has 1 saturated carbocycles. The Morgan fingerprint density at radius 2 is 1.67 bits per heavy atom. The standard InChI is InChI=1S/C7H5BrO.C6H5Cl.C4H9N/c8-7-4-2-1-3-6(7)5-9;7-6-4-2-1-3-5-6;1-5-4-2-3-4/h1-5H;1-5H;4-5H,2-3H2,1H3. The van der Waals surface area contributed by atoms with E-state index >= 15 is 0 Å². The van der Waals surface area contributed by atoms with Gasteiger partial charge in [-0.25, -0.2) is 0 Å². The molecule has 3 rings (SSSR count). The van der Waals surface area contributed by atoms with Crippen LogP contribution in [0.5, 0.6) is 0 Å². The summed E-state index contributed by atoms with van der Waals surface area (Å²) < 4.78 is 0.847. The zero-order valence-corrected chi connectivity index (χ0v) is 14.3. The van der Waals surface area contributed by atoms with Gasteiger partial charge in [0.2, 0.25) is 0 Å². The molecule has 0 bridgehead atoms.